The van der Waals surface area contributed by atoms with E-state index in [2.05, 4.69) is 35.8 Å². The predicted octanol–water partition coefficient (Wildman–Crippen LogP) is 5.93. The van der Waals surface area contributed by atoms with Gasteiger partial charge in [-0.15, -0.1) is 0 Å². The number of hydrogen-bond donors (Lipinski definition) is 1. The number of methoxy groups -OCH3 is 1. The summed E-state index contributed by atoms with van der Waals surface area (Å²) in [5.41, 5.74) is 1.77. The van der Waals surface area contributed by atoms with Gasteiger partial charge < -0.3 is 24.1 Å². The molecule has 1 saturated heterocycles. The average molecular weight is 511 g/mol. The number of rotatable bonds is 8. The Labute approximate surface area is 201 Å². The number of nitrogens with zero attached hydrogens (tertiary/aromatic N) is 3. The first-order valence-electron chi connectivity index (χ1n) is 11.3. The molecule has 0 bridgehead atoms. The van der Waals surface area contributed by atoms with Crippen LogP contribution in [0.4, 0.5) is 0 Å². The molecule has 3 heterocycles. The Hall–Kier alpha value is -2.84. The first-order chi connectivity index (χ1) is 16.2. The van der Waals surface area contributed by atoms with Crippen molar-refractivity contribution in [2.75, 3.05) is 33.4 Å². The Morgan fingerprint density at radius 2 is 1.88 bits per heavy atom. The second-order valence-corrected chi connectivity index (χ2v) is 9.02. The van der Waals surface area contributed by atoms with Gasteiger partial charge in [-0.05, 0) is 72.5 Å². The maximum atomic E-state index is 6.19. The van der Waals surface area contributed by atoms with Crippen molar-refractivity contribution in [3.05, 3.63) is 47.3 Å². The summed E-state index contributed by atoms with van der Waals surface area (Å²) in [6.45, 7) is 4.10. The molecule has 4 aromatic rings. The fraction of sp³-hybridized carbons (Fsp3) is 0.360. The van der Waals surface area contributed by atoms with Crippen LogP contribution in [0.2, 0.25) is 0 Å². The van der Waals surface area contributed by atoms with E-state index in [4.69, 9.17) is 14.2 Å². The highest BCUT2D eigenvalue weighted by atomic mass is 79.9. The Morgan fingerprint density at radius 1 is 1.00 bits per heavy atom. The molecule has 0 aliphatic carbocycles. The molecule has 8 heteroatoms. The predicted molar refractivity (Wildman–Crippen MR) is 133 cm³/mol. The van der Waals surface area contributed by atoms with Crippen LogP contribution in [0.1, 0.15) is 25.7 Å². The lowest BCUT2D eigenvalue weighted by Gasteiger charge is -2.26. The third-order valence-corrected chi connectivity index (χ3v) is 6.87. The molecule has 1 aliphatic rings. The minimum Gasteiger partial charge on any atom is -0.493 e. The number of nitrogens with one attached hydrogen (secondary N) is 1. The van der Waals surface area contributed by atoms with Gasteiger partial charge in [-0.25, -0.2) is 9.97 Å². The number of fused-ring (bicyclic) bond motifs is 2. The van der Waals surface area contributed by atoms with Crippen LogP contribution >= 0.6 is 15.9 Å². The number of ether oxygens (including phenoxy) is 3. The molecule has 1 N–H and O–H groups in total. The van der Waals surface area contributed by atoms with Crippen LogP contribution in [0, 0.1) is 0 Å². The molecule has 2 aromatic carbocycles. The summed E-state index contributed by atoms with van der Waals surface area (Å²) in [5, 5.41) is 1.81. The van der Waals surface area contributed by atoms with E-state index in [0.717, 1.165) is 39.2 Å². The molecular weight excluding hydrogens is 484 g/mol. The lowest BCUT2D eigenvalue weighted by molar-refractivity contribution is 0.203. The zero-order chi connectivity index (χ0) is 22.6. The first kappa shape index (κ1) is 22.0. The maximum absolute atomic E-state index is 6.19. The number of H-pyrrole nitrogens is 1. The molecule has 0 saturated carbocycles. The van der Waals surface area contributed by atoms with E-state index in [0.29, 0.717) is 29.7 Å². The summed E-state index contributed by atoms with van der Waals surface area (Å²) in [5.74, 6) is 2.47. The van der Waals surface area contributed by atoms with E-state index in [-0.39, 0.29) is 0 Å². The second kappa shape index (κ2) is 9.97. The van der Waals surface area contributed by atoms with E-state index in [1.165, 1.54) is 38.7 Å². The molecule has 0 radical (unpaired) electrons. The third-order valence-electron chi connectivity index (χ3n) is 6.05. The zero-order valence-electron chi connectivity index (χ0n) is 18.6. The van der Waals surface area contributed by atoms with E-state index < -0.39 is 0 Å². The summed E-state index contributed by atoms with van der Waals surface area (Å²) in [6, 6.07) is 9.67. The number of piperidine rings is 1. The van der Waals surface area contributed by atoms with E-state index in [1.54, 1.807) is 7.11 Å². The molecule has 0 amide bonds. The molecule has 172 valence electrons. The van der Waals surface area contributed by atoms with Crippen LogP contribution in [0.15, 0.2) is 47.3 Å². The van der Waals surface area contributed by atoms with Gasteiger partial charge in [-0.2, -0.15) is 0 Å². The van der Waals surface area contributed by atoms with Gasteiger partial charge in [0.2, 0.25) is 5.88 Å². The smallest absolute Gasteiger partial charge is 0.230 e. The fourth-order valence-corrected chi connectivity index (χ4v) is 4.87. The van der Waals surface area contributed by atoms with Crippen molar-refractivity contribution in [2.45, 2.75) is 25.7 Å². The highest BCUT2D eigenvalue weighted by Crippen LogP contribution is 2.39. The number of aromatic amines is 1. The summed E-state index contributed by atoms with van der Waals surface area (Å²) < 4.78 is 18.8. The summed E-state index contributed by atoms with van der Waals surface area (Å²) in [7, 11) is 1.64. The minimum atomic E-state index is 0.463. The molecule has 0 unspecified atom stereocenters. The normalized spacial score (nSPS) is 14.6. The molecule has 0 spiro atoms. The zero-order valence-corrected chi connectivity index (χ0v) is 20.2. The highest BCUT2D eigenvalue weighted by molar-refractivity contribution is 9.10. The standard InChI is InChI=1S/C25H27BrN4O3/c1-31-22-14-18-20(15-23(22)32-13-5-12-30-10-3-2-4-11-30)28-16-29-25(18)33-21-7-6-19-17(24(21)26)8-9-27-19/h6-9,14-16,27H,2-5,10-13H2,1H3. The van der Waals surface area contributed by atoms with Gasteiger partial charge in [0.1, 0.15) is 12.1 Å². The molecule has 33 heavy (non-hydrogen) atoms. The van der Waals surface area contributed by atoms with Crippen molar-refractivity contribution in [2.24, 2.45) is 0 Å². The summed E-state index contributed by atoms with van der Waals surface area (Å²) in [6.07, 6.45) is 8.35. The molecule has 5 rings (SSSR count). The number of hydrogen-bond acceptors (Lipinski definition) is 6. The van der Waals surface area contributed by atoms with Gasteiger partial charge in [-0.3, -0.25) is 0 Å². The van der Waals surface area contributed by atoms with Crippen molar-refractivity contribution in [3.63, 3.8) is 0 Å². The van der Waals surface area contributed by atoms with E-state index in [9.17, 15) is 0 Å². The van der Waals surface area contributed by atoms with Crippen molar-refractivity contribution in [1.82, 2.24) is 19.9 Å². The monoisotopic (exact) mass is 510 g/mol. The largest absolute Gasteiger partial charge is 0.493 e. The summed E-state index contributed by atoms with van der Waals surface area (Å²) >= 11 is 3.65. The second-order valence-electron chi connectivity index (χ2n) is 8.22. The number of halogens is 1. The van der Waals surface area contributed by atoms with Crippen molar-refractivity contribution >= 4 is 37.7 Å². The van der Waals surface area contributed by atoms with Crippen LogP contribution in [-0.2, 0) is 0 Å². The Bertz CT molecular complexity index is 1250. The highest BCUT2D eigenvalue weighted by Gasteiger charge is 2.16. The van der Waals surface area contributed by atoms with Gasteiger partial charge in [-0.1, -0.05) is 6.42 Å². The molecule has 1 fully saturated rings. The number of benzene rings is 2. The van der Waals surface area contributed by atoms with Gasteiger partial charge in [0.25, 0.3) is 0 Å². The van der Waals surface area contributed by atoms with Gasteiger partial charge >= 0.3 is 0 Å². The minimum absolute atomic E-state index is 0.463. The first-order valence-corrected chi connectivity index (χ1v) is 12.1. The quantitative estimate of drug-likeness (QED) is 0.296. The average Bonchev–Trinajstić information content (AvgIpc) is 3.34. The summed E-state index contributed by atoms with van der Waals surface area (Å²) in [4.78, 5) is 14.5. The number of aromatic nitrogens is 3. The van der Waals surface area contributed by atoms with Gasteiger partial charge in [0, 0.05) is 29.7 Å². The van der Waals surface area contributed by atoms with E-state index >= 15 is 0 Å². The fourth-order valence-electron chi connectivity index (χ4n) is 4.31. The number of likely N-dealkylation sites (tertiary alicyclic amines) is 1. The third kappa shape index (κ3) is 4.77. The van der Waals surface area contributed by atoms with Crippen LogP contribution in [0.25, 0.3) is 21.8 Å². The molecule has 7 nitrogen and oxygen atoms in total. The van der Waals surface area contributed by atoms with Crippen molar-refractivity contribution in [1.29, 1.82) is 0 Å². The van der Waals surface area contributed by atoms with Crippen LogP contribution in [0.3, 0.4) is 0 Å². The lowest BCUT2D eigenvalue weighted by Crippen LogP contribution is -2.31. The van der Waals surface area contributed by atoms with Crippen LogP contribution in [-0.4, -0.2) is 53.2 Å². The van der Waals surface area contributed by atoms with Gasteiger partial charge in [0.15, 0.2) is 11.5 Å². The van der Waals surface area contributed by atoms with Crippen molar-refractivity contribution in [3.8, 4) is 23.1 Å². The molecule has 0 atom stereocenters. The Balaban J connectivity index is 1.34. The molecule has 2 aromatic heterocycles. The SMILES string of the molecule is COc1cc2c(Oc3ccc4[nH]ccc4c3Br)ncnc2cc1OCCCN1CCCCC1. The topological polar surface area (TPSA) is 72.5 Å². The van der Waals surface area contributed by atoms with Crippen LogP contribution < -0.4 is 14.2 Å². The Morgan fingerprint density at radius 3 is 2.73 bits per heavy atom. The van der Waals surface area contributed by atoms with Crippen molar-refractivity contribution < 1.29 is 14.2 Å². The van der Waals surface area contributed by atoms with Crippen LogP contribution in [0.5, 0.6) is 23.1 Å². The molecular formula is C25H27BrN4O3. The lowest BCUT2D eigenvalue weighted by atomic mass is 10.1. The van der Waals surface area contributed by atoms with Gasteiger partial charge in [0.05, 0.1) is 29.1 Å². The Kier molecular flexibility index (Phi) is 6.64. The maximum Gasteiger partial charge on any atom is 0.230 e. The molecule has 1 aliphatic heterocycles. The van der Waals surface area contributed by atoms with E-state index in [1.807, 2.05) is 36.5 Å².